The van der Waals surface area contributed by atoms with Crippen LogP contribution in [0.2, 0.25) is 0 Å². The van der Waals surface area contributed by atoms with Gasteiger partial charge in [0.25, 0.3) is 17.5 Å². The predicted octanol–water partition coefficient (Wildman–Crippen LogP) is 2.52. The highest BCUT2D eigenvalue weighted by atomic mass is 16.6. The monoisotopic (exact) mass is 382 g/mol. The summed E-state index contributed by atoms with van der Waals surface area (Å²) in [5, 5.41) is 16.7. The van der Waals surface area contributed by atoms with Gasteiger partial charge < -0.3 is 15.1 Å². The van der Waals surface area contributed by atoms with E-state index in [0.717, 1.165) is 30.3 Å². The highest BCUT2D eigenvalue weighted by molar-refractivity contribution is 6.31. The molecule has 9 heteroatoms. The summed E-state index contributed by atoms with van der Waals surface area (Å²) < 4.78 is 0. The number of non-ortho nitro benzene ring substituents is 1. The van der Waals surface area contributed by atoms with Crippen LogP contribution in [0.25, 0.3) is 0 Å². The Bertz CT molecular complexity index is 928. The summed E-state index contributed by atoms with van der Waals surface area (Å²) in [6, 6.07) is 13.2. The van der Waals surface area contributed by atoms with Crippen LogP contribution in [-0.4, -0.2) is 36.1 Å². The quantitative estimate of drug-likeness (QED) is 0.468. The van der Waals surface area contributed by atoms with Crippen LogP contribution >= 0.6 is 0 Å². The van der Waals surface area contributed by atoms with Gasteiger partial charge in [-0.1, -0.05) is 29.4 Å². The molecule has 0 saturated heterocycles. The lowest BCUT2D eigenvalue weighted by molar-refractivity contribution is -0.384. The fourth-order valence-electron chi connectivity index (χ4n) is 2.92. The standard InChI is InChI=1S/C19H18N4O5/c24-18(21-15-7-3-8-16(11-15)23(26)27)12-20-28-13-19(25)22-10-4-6-14-5-1-2-9-17(14)22/h1-3,5,7-9,11-12H,4,6,10,13H2,(H,21,24)/b20-12-. The third kappa shape index (κ3) is 4.70. The summed E-state index contributed by atoms with van der Waals surface area (Å²) in [5.41, 5.74) is 2.10. The largest absolute Gasteiger partial charge is 0.385 e. The van der Waals surface area contributed by atoms with Gasteiger partial charge in [0.15, 0.2) is 6.61 Å². The number of nitro groups is 1. The number of benzene rings is 2. The molecule has 2 aromatic rings. The molecule has 3 rings (SSSR count). The average molecular weight is 382 g/mol. The molecule has 0 aromatic heterocycles. The number of nitrogens with one attached hydrogen (secondary N) is 1. The Balaban J connectivity index is 1.50. The lowest BCUT2D eigenvalue weighted by Gasteiger charge is -2.28. The van der Waals surface area contributed by atoms with Gasteiger partial charge in [-0.25, -0.2) is 0 Å². The number of fused-ring (bicyclic) bond motifs is 1. The Morgan fingerprint density at radius 2 is 2.07 bits per heavy atom. The van der Waals surface area contributed by atoms with Crippen LogP contribution in [0.1, 0.15) is 12.0 Å². The number of rotatable bonds is 6. The van der Waals surface area contributed by atoms with Crippen LogP contribution in [-0.2, 0) is 20.8 Å². The number of nitro benzene ring substituents is 1. The fraction of sp³-hybridized carbons (Fsp3) is 0.211. The first kappa shape index (κ1) is 19.0. The summed E-state index contributed by atoms with van der Waals surface area (Å²) in [6.07, 6.45) is 2.67. The molecule has 144 valence electrons. The number of nitrogens with zero attached hydrogens (tertiary/aromatic N) is 3. The topological polar surface area (TPSA) is 114 Å². The van der Waals surface area contributed by atoms with Crippen LogP contribution in [0.3, 0.4) is 0 Å². The Morgan fingerprint density at radius 1 is 1.25 bits per heavy atom. The molecule has 0 fully saturated rings. The normalized spacial score (nSPS) is 13.1. The minimum Gasteiger partial charge on any atom is -0.385 e. The number of para-hydroxylation sites is 1. The first-order valence-electron chi connectivity index (χ1n) is 8.63. The van der Waals surface area contributed by atoms with Gasteiger partial charge in [0.2, 0.25) is 0 Å². The molecule has 9 nitrogen and oxygen atoms in total. The third-order valence-electron chi connectivity index (χ3n) is 4.17. The molecule has 0 saturated carbocycles. The second-order valence-corrected chi connectivity index (χ2v) is 6.08. The van der Waals surface area contributed by atoms with Crippen LogP contribution in [0, 0.1) is 10.1 Å². The maximum atomic E-state index is 12.4. The number of carbonyl (C=O) groups excluding carboxylic acids is 2. The molecule has 1 aliphatic rings. The maximum Gasteiger partial charge on any atom is 0.271 e. The van der Waals surface area contributed by atoms with E-state index < -0.39 is 10.8 Å². The number of anilines is 2. The number of amides is 2. The van der Waals surface area contributed by atoms with E-state index in [4.69, 9.17) is 4.84 Å². The van der Waals surface area contributed by atoms with E-state index >= 15 is 0 Å². The number of hydrogen-bond acceptors (Lipinski definition) is 6. The van der Waals surface area contributed by atoms with Gasteiger partial charge in [-0.2, -0.15) is 0 Å². The van der Waals surface area contributed by atoms with Gasteiger partial charge in [-0.15, -0.1) is 0 Å². The van der Waals surface area contributed by atoms with Crippen LogP contribution < -0.4 is 10.2 Å². The summed E-state index contributed by atoms with van der Waals surface area (Å²) in [5.74, 6) is -0.875. The Morgan fingerprint density at radius 3 is 2.89 bits per heavy atom. The van der Waals surface area contributed by atoms with E-state index in [1.54, 1.807) is 4.90 Å². The van der Waals surface area contributed by atoms with Crippen molar-refractivity contribution < 1.29 is 19.3 Å². The van der Waals surface area contributed by atoms with E-state index in [1.165, 1.54) is 24.3 Å². The van der Waals surface area contributed by atoms with Gasteiger partial charge >= 0.3 is 0 Å². The maximum absolute atomic E-state index is 12.4. The Kier molecular flexibility index (Phi) is 5.95. The summed E-state index contributed by atoms with van der Waals surface area (Å²) in [4.78, 5) is 40.9. The molecule has 0 unspecified atom stereocenters. The van der Waals surface area contributed by atoms with Crippen molar-refractivity contribution in [3.05, 3.63) is 64.2 Å². The van der Waals surface area contributed by atoms with E-state index in [1.807, 2.05) is 24.3 Å². The number of oxime groups is 1. The molecule has 28 heavy (non-hydrogen) atoms. The molecule has 0 spiro atoms. The van der Waals surface area contributed by atoms with Crippen molar-refractivity contribution in [2.45, 2.75) is 12.8 Å². The molecule has 1 heterocycles. The first-order valence-corrected chi connectivity index (χ1v) is 8.63. The van der Waals surface area contributed by atoms with Gasteiger partial charge in [-0.3, -0.25) is 19.7 Å². The highest BCUT2D eigenvalue weighted by Crippen LogP contribution is 2.26. The first-order chi connectivity index (χ1) is 13.5. The van der Waals surface area contributed by atoms with E-state index in [-0.39, 0.29) is 23.9 Å². The van der Waals surface area contributed by atoms with Crippen molar-refractivity contribution in [1.82, 2.24) is 0 Å². The zero-order chi connectivity index (χ0) is 19.9. The van der Waals surface area contributed by atoms with Gasteiger partial charge in [0.05, 0.1) is 4.92 Å². The molecule has 0 aliphatic carbocycles. The van der Waals surface area contributed by atoms with Crippen LogP contribution in [0.5, 0.6) is 0 Å². The summed E-state index contributed by atoms with van der Waals surface area (Å²) in [7, 11) is 0. The molecular formula is C19H18N4O5. The second-order valence-electron chi connectivity index (χ2n) is 6.08. The minimum atomic E-state index is -0.628. The Hall–Kier alpha value is -3.75. The lowest BCUT2D eigenvalue weighted by atomic mass is 10.0. The van der Waals surface area contributed by atoms with Gasteiger partial charge in [0, 0.05) is 30.1 Å². The Labute approximate surface area is 160 Å². The van der Waals surface area contributed by atoms with Gasteiger partial charge in [0.1, 0.15) is 6.21 Å². The molecule has 1 aliphatic heterocycles. The predicted molar refractivity (Wildman–Crippen MR) is 103 cm³/mol. The van der Waals surface area contributed by atoms with Crippen molar-refractivity contribution in [3.8, 4) is 0 Å². The highest BCUT2D eigenvalue weighted by Gasteiger charge is 2.22. The number of hydrogen-bond donors (Lipinski definition) is 1. The fourth-order valence-corrected chi connectivity index (χ4v) is 2.92. The third-order valence-corrected chi connectivity index (χ3v) is 4.17. The van der Waals surface area contributed by atoms with Crippen molar-refractivity contribution in [3.63, 3.8) is 0 Å². The zero-order valence-corrected chi connectivity index (χ0v) is 14.9. The zero-order valence-electron chi connectivity index (χ0n) is 14.9. The molecular weight excluding hydrogens is 364 g/mol. The SMILES string of the molecule is O=C(/C=N\OCC(=O)N1CCCc2ccccc21)Nc1cccc([N+](=O)[O-])c1. The van der Waals surface area contributed by atoms with E-state index in [9.17, 15) is 19.7 Å². The average Bonchev–Trinajstić information content (AvgIpc) is 2.70. The summed E-state index contributed by atoms with van der Waals surface area (Å²) in [6.45, 7) is 0.311. The van der Waals surface area contributed by atoms with Crippen LogP contribution in [0.4, 0.5) is 17.1 Å². The lowest BCUT2D eigenvalue weighted by Crippen LogP contribution is -2.37. The van der Waals surface area contributed by atoms with E-state index in [2.05, 4.69) is 10.5 Å². The molecule has 0 atom stereocenters. The van der Waals surface area contributed by atoms with Gasteiger partial charge in [-0.05, 0) is 30.5 Å². The molecule has 2 aromatic carbocycles. The van der Waals surface area contributed by atoms with Crippen LogP contribution in [0.15, 0.2) is 53.7 Å². The molecule has 0 radical (unpaired) electrons. The van der Waals surface area contributed by atoms with Crippen molar-refractivity contribution in [2.24, 2.45) is 5.16 Å². The molecule has 2 amide bonds. The number of aryl methyl sites for hydroxylation is 1. The number of carbonyl (C=O) groups is 2. The van der Waals surface area contributed by atoms with E-state index in [0.29, 0.717) is 6.54 Å². The second kappa shape index (κ2) is 8.76. The van der Waals surface area contributed by atoms with Crippen molar-refractivity contribution in [2.75, 3.05) is 23.4 Å². The van der Waals surface area contributed by atoms with Crippen molar-refractivity contribution >= 4 is 35.1 Å². The smallest absolute Gasteiger partial charge is 0.271 e. The molecule has 0 bridgehead atoms. The molecule has 1 N–H and O–H groups in total. The summed E-state index contributed by atoms with van der Waals surface area (Å²) >= 11 is 0. The van der Waals surface area contributed by atoms with Crippen molar-refractivity contribution in [1.29, 1.82) is 0 Å². The minimum absolute atomic E-state index is 0.140.